The molecule has 0 spiro atoms. The number of ether oxygens (including phenoxy) is 1. The number of oxazole rings is 1. The fourth-order valence-corrected chi connectivity index (χ4v) is 3.33. The second-order valence-electron chi connectivity index (χ2n) is 6.59. The maximum Gasteiger partial charge on any atom is 0.387 e. The van der Waals surface area contributed by atoms with E-state index in [1.165, 1.54) is 6.07 Å². The Labute approximate surface area is 160 Å². The van der Waals surface area contributed by atoms with Gasteiger partial charge in [0.1, 0.15) is 11.3 Å². The van der Waals surface area contributed by atoms with Crippen molar-refractivity contribution in [3.63, 3.8) is 0 Å². The Morgan fingerprint density at radius 3 is 2.61 bits per heavy atom. The SMILES string of the molecule is O=C(Nc1ccccc1OC(F)F)C1CCN(c2nc3ccccc3o2)CC1. The van der Waals surface area contributed by atoms with Gasteiger partial charge in [0.2, 0.25) is 5.91 Å². The van der Waals surface area contributed by atoms with E-state index in [1.807, 2.05) is 29.2 Å². The Morgan fingerprint density at radius 2 is 1.86 bits per heavy atom. The summed E-state index contributed by atoms with van der Waals surface area (Å²) in [5, 5.41) is 2.71. The maximum absolute atomic E-state index is 12.6. The van der Waals surface area contributed by atoms with Gasteiger partial charge in [0, 0.05) is 19.0 Å². The smallest absolute Gasteiger partial charge is 0.387 e. The largest absolute Gasteiger partial charge is 0.433 e. The van der Waals surface area contributed by atoms with Gasteiger partial charge in [0.15, 0.2) is 5.58 Å². The Morgan fingerprint density at radius 1 is 1.14 bits per heavy atom. The van der Waals surface area contributed by atoms with Gasteiger partial charge >= 0.3 is 6.61 Å². The molecule has 0 unspecified atom stereocenters. The number of anilines is 2. The van der Waals surface area contributed by atoms with Crippen LogP contribution in [0, 0.1) is 5.92 Å². The van der Waals surface area contributed by atoms with Gasteiger partial charge in [0.05, 0.1) is 5.69 Å². The Bertz CT molecular complexity index is 935. The van der Waals surface area contributed by atoms with Crippen molar-refractivity contribution in [2.45, 2.75) is 19.5 Å². The van der Waals surface area contributed by atoms with Crippen molar-refractivity contribution >= 4 is 28.7 Å². The molecule has 4 rings (SSSR count). The van der Waals surface area contributed by atoms with Crippen LogP contribution in [0.5, 0.6) is 5.75 Å². The molecule has 0 aliphatic carbocycles. The summed E-state index contributed by atoms with van der Waals surface area (Å²) >= 11 is 0. The topological polar surface area (TPSA) is 67.6 Å². The number of nitrogens with zero attached hydrogens (tertiary/aromatic N) is 2. The average molecular weight is 387 g/mol. The van der Waals surface area contributed by atoms with Crippen LogP contribution in [0.4, 0.5) is 20.5 Å². The summed E-state index contributed by atoms with van der Waals surface area (Å²) < 4.78 is 35.3. The molecule has 1 N–H and O–H groups in total. The van der Waals surface area contributed by atoms with Gasteiger partial charge < -0.3 is 19.4 Å². The van der Waals surface area contributed by atoms with Crippen LogP contribution in [0.25, 0.3) is 11.1 Å². The Hall–Kier alpha value is -3.16. The molecule has 6 nitrogen and oxygen atoms in total. The number of halogens is 2. The molecule has 0 radical (unpaired) electrons. The lowest BCUT2D eigenvalue weighted by molar-refractivity contribution is -0.120. The van der Waals surface area contributed by atoms with Gasteiger partial charge in [-0.05, 0) is 37.1 Å². The highest BCUT2D eigenvalue weighted by Crippen LogP contribution is 2.29. The summed E-state index contributed by atoms with van der Waals surface area (Å²) in [7, 11) is 0. The fourth-order valence-electron chi connectivity index (χ4n) is 3.33. The minimum absolute atomic E-state index is 0.0465. The summed E-state index contributed by atoms with van der Waals surface area (Å²) in [4.78, 5) is 19.1. The summed E-state index contributed by atoms with van der Waals surface area (Å²) in [6.07, 6.45) is 1.23. The number of fused-ring (bicyclic) bond motifs is 1. The van der Waals surface area contributed by atoms with Gasteiger partial charge in [-0.15, -0.1) is 0 Å². The van der Waals surface area contributed by atoms with Crippen LogP contribution in [0.3, 0.4) is 0 Å². The zero-order valence-electron chi connectivity index (χ0n) is 15.0. The molecule has 8 heteroatoms. The van der Waals surface area contributed by atoms with Crippen LogP contribution in [0.2, 0.25) is 0 Å². The number of hydrogen-bond acceptors (Lipinski definition) is 5. The van der Waals surface area contributed by atoms with Gasteiger partial charge in [-0.25, -0.2) is 0 Å². The molecular formula is C20H19F2N3O3. The van der Waals surface area contributed by atoms with E-state index in [2.05, 4.69) is 15.0 Å². The Balaban J connectivity index is 1.38. The van der Waals surface area contributed by atoms with E-state index >= 15 is 0 Å². The normalized spacial score (nSPS) is 15.2. The predicted octanol–water partition coefficient (Wildman–Crippen LogP) is 4.28. The number of nitrogens with one attached hydrogen (secondary N) is 1. The minimum atomic E-state index is -2.95. The highest BCUT2D eigenvalue weighted by atomic mass is 19.3. The fraction of sp³-hybridized carbons (Fsp3) is 0.300. The lowest BCUT2D eigenvalue weighted by atomic mass is 9.96. The molecule has 1 amide bonds. The zero-order valence-corrected chi connectivity index (χ0v) is 15.0. The highest BCUT2D eigenvalue weighted by Gasteiger charge is 2.28. The molecule has 1 fully saturated rings. The third-order valence-corrected chi connectivity index (χ3v) is 4.78. The monoisotopic (exact) mass is 387 g/mol. The first-order valence-electron chi connectivity index (χ1n) is 9.05. The first-order valence-corrected chi connectivity index (χ1v) is 9.05. The van der Waals surface area contributed by atoms with Gasteiger partial charge in [-0.3, -0.25) is 4.79 Å². The minimum Gasteiger partial charge on any atom is -0.433 e. The van der Waals surface area contributed by atoms with Gasteiger partial charge in [0.25, 0.3) is 6.01 Å². The zero-order chi connectivity index (χ0) is 19.5. The lowest BCUT2D eigenvalue weighted by Crippen LogP contribution is -2.38. The summed E-state index contributed by atoms with van der Waals surface area (Å²) in [5.74, 6) is -0.475. The molecule has 1 aliphatic heterocycles. The molecule has 2 aromatic carbocycles. The summed E-state index contributed by atoms with van der Waals surface area (Å²) in [6.45, 7) is -1.70. The van der Waals surface area contributed by atoms with E-state index < -0.39 is 6.61 Å². The number of aromatic nitrogens is 1. The van der Waals surface area contributed by atoms with E-state index in [4.69, 9.17) is 4.42 Å². The first-order chi connectivity index (χ1) is 13.6. The molecule has 1 saturated heterocycles. The van der Waals surface area contributed by atoms with Crippen molar-refractivity contribution in [2.24, 2.45) is 5.92 Å². The van der Waals surface area contributed by atoms with Crippen molar-refractivity contribution in [1.29, 1.82) is 0 Å². The molecule has 1 aliphatic rings. The molecule has 3 aromatic rings. The number of para-hydroxylation sites is 4. The number of rotatable bonds is 5. The predicted molar refractivity (Wildman–Crippen MR) is 101 cm³/mol. The van der Waals surface area contributed by atoms with Crippen molar-refractivity contribution in [2.75, 3.05) is 23.3 Å². The summed E-state index contributed by atoms with van der Waals surface area (Å²) in [5.41, 5.74) is 1.77. The molecule has 0 bridgehead atoms. The Kier molecular flexibility index (Phi) is 5.10. The molecule has 0 saturated carbocycles. The molecule has 28 heavy (non-hydrogen) atoms. The molecule has 0 atom stereocenters. The van der Waals surface area contributed by atoms with Crippen LogP contribution >= 0.6 is 0 Å². The van der Waals surface area contributed by atoms with Crippen LogP contribution < -0.4 is 15.0 Å². The molecule has 1 aromatic heterocycles. The van der Waals surface area contributed by atoms with Crippen LogP contribution in [0.1, 0.15) is 12.8 Å². The van der Waals surface area contributed by atoms with Crippen LogP contribution in [0.15, 0.2) is 52.9 Å². The number of carbonyl (C=O) groups is 1. The van der Waals surface area contributed by atoms with Crippen LogP contribution in [-0.2, 0) is 4.79 Å². The van der Waals surface area contributed by atoms with Gasteiger partial charge in [-0.2, -0.15) is 13.8 Å². The van der Waals surface area contributed by atoms with Crippen molar-refractivity contribution in [3.8, 4) is 5.75 Å². The number of alkyl halides is 2. The average Bonchev–Trinajstić information content (AvgIpc) is 3.13. The second-order valence-corrected chi connectivity index (χ2v) is 6.59. The molecule has 146 valence electrons. The van der Waals surface area contributed by atoms with E-state index in [0.717, 1.165) is 11.1 Å². The number of amides is 1. The number of benzene rings is 2. The van der Waals surface area contributed by atoms with E-state index in [-0.39, 0.29) is 23.3 Å². The third kappa shape index (κ3) is 3.90. The standard InChI is InChI=1S/C20H19F2N3O3/c21-19(22)27-16-7-3-1-5-14(16)23-18(26)13-9-11-25(12-10-13)20-24-15-6-2-4-8-17(15)28-20/h1-8,13,19H,9-12H2,(H,23,26). The van der Waals surface area contributed by atoms with E-state index in [0.29, 0.717) is 31.9 Å². The summed E-state index contributed by atoms with van der Waals surface area (Å²) in [6, 6.07) is 14.3. The number of carbonyl (C=O) groups excluding carboxylic acids is 1. The van der Waals surface area contributed by atoms with Crippen molar-refractivity contribution < 1.29 is 22.7 Å². The van der Waals surface area contributed by atoms with E-state index in [1.54, 1.807) is 18.2 Å². The van der Waals surface area contributed by atoms with Gasteiger partial charge in [-0.1, -0.05) is 24.3 Å². The molecular weight excluding hydrogens is 368 g/mol. The van der Waals surface area contributed by atoms with Crippen molar-refractivity contribution in [1.82, 2.24) is 4.98 Å². The molecule has 2 heterocycles. The quantitative estimate of drug-likeness (QED) is 0.708. The first kappa shape index (κ1) is 18.2. The van der Waals surface area contributed by atoms with E-state index in [9.17, 15) is 13.6 Å². The van der Waals surface area contributed by atoms with Crippen LogP contribution in [-0.4, -0.2) is 30.6 Å². The lowest BCUT2D eigenvalue weighted by Gasteiger charge is -2.30. The van der Waals surface area contributed by atoms with Crippen molar-refractivity contribution in [3.05, 3.63) is 48.5 Å². The second kappa shape index (κ2) is 7.84. The number of piperidine rings is 1. The third-order valence-electron chi connectivity index (χ3n) is 4.78. The maximum atomic E-state index is 12.6. The highest BCUT2D eigenvalue weighted by molar-refractivity contribution is 5.94. The number of hydrogen-bond donors (Lipinski definition) is 1.